The van der Waals surface area contributed by atoms with Gasteiger partial charge in [-0.25, -0.2) is 0 Å². The first-order chi connectivity index (χ1) is 8.95. The molecule has 106 valence electrons. The molecule has 0 bridgehead atoms. The largest absolute Gasteiger partial charge is 0.344 e. The molecule has 1 saturated heterocycles. The van der Waals surface area contributed by atoms with Crippen LogP contribution in [-0.4, -0.2) is 29.1 Å². The van der Waals surface area contributed by atoms with E-state index in [-0.39, 0.29) is 23.0 Å². The number of amides is 1. The van der Waals surface area contributed by atoms with E-state index in [9.17, 15) is 4.79 Å². The number of piperidine rings is 1. The molecule has 0 N–H and O–H groups in total. The molecule has 1 amide bonds. The third kappa shape index (κ3) is 3.11. The van der Waals surface area contributed by atoms with Crippen molar-refractivity contribution < 1.29 is 9.32 Å². The van der Waals surface area contributed by atoms with Crippen LogP contribution in [0.5, 0.6) is 0 Å². The fourth-order valence-corrected chi connectivity index (χ4v) is 2.88. The van der Waals surface area contributed by atoms with Gasteiger partial charge in [-0.15, -0.1) is 0 Å². The average molecular weight is 285 g/mol. The Morgan fingerprint density at radius 1 is 1.58 bits per heavy atom. The van der Waals surface area contributed by atoms with Crippen molar-refractivity contribution in [2.75, 3.05) is 13.1 Å². The number of carbonyl (C=O) groups excluding carboxylic acids is 1. The van der Waals surface area contributed by atoms with Gasteiger partial charge in [0.25, 0.3) is 0 Å². The maximum absolute atomic E-state index is 12.4. The van der Waals surface area contributed by atoms with Crippen LogP contribution in [0.2, 0.25) is 5.22 Å². The van der Waals surface area contributed by atoms with Crippen molar-refractivity contribution in [2.24, 2.45) is 5.41 Å². The van der Waals surface area contributed by atoms with Gasteiger partial charge in [-0.2, -0.15) is 0 Å². The summed E-state index contributed by atoms with van der Waals surface area (Å²) in [6.45, 7) is 7.93. The van der Waals surface area contributed by atoms with Crippen LogP contribution in [0, 0.1) is 12.3 Å². The Bertz CT molecular complexity index is 453. The van der Waals surface area contributed by atoms with Crippen LogP contribution in [0.1, 0.15) is 44.4 Å². The van der Waals surface area contributed by atoms with Gasteiger partial charge in [-0.1, -0.05) is 19.0 Å². The Labute approximate surface area is 119 Å². The van der Waals surface area contributed by atoms with Crippen molar-refractivity contribution in [3.63, 3.8) is 0 Å². The number of rotatable bonds is 3. The fourth-order valence-electron chi connectivity index (χ4n) is 2.64. The molecule has 5 heteroatoms. The maximum Gasteiger partial charge on any atom is 0.229 e. The SMILES string of the molecule is CCC1(C)CCCN(C(=O)Cc2c(C)noc2Cl)C1. The quantitative estimate of drug-likeness (QED) is 0.856. The molecular formula is C14H21ClN2O2. The Hall–Kier alpha value is -1.03. The molecule has 2 rings (SSSR count). The molecule has 0 spiro atoms. The summed E-state index contributed by atoms with van der Waals surface area (Å²) in [5.41, 5.74) is 1.67. The number of hydrogen-bond donors (Lipinski definition) is 0. The van der Waals surface area contributed by atoms with Gasteiger partial charge in [0.2, 0.25) is 11.1 Å². The van der Waals surface area contributed by atoms with E-state index in [4.69, 9.17) is 16.1 Å². The summed E-state index contributed by atoms with van der Waals surface area (Å²) in [5.74, 6) is 0.118. The molecule has 1 atom stereocenters. The van der Waals surface area contributed by atoms with Crippen molar-refractivity contribution in [1.29, 1.82) is 0 Å². The van der Waals surface area contributed by atoms with Gasteiger partial charge in [0.1, 0.15) is 0 Å². The lowest BCUT2D eigenvalue weighted by Gasteiger charge is -2.40. The number of likely N-dealkylation sites (tertiary alicyclic amines) is 1. The molecule has 1 aromatic rings. The van der Waals surface area contributed by atoms with E-state index in [1.165, 1.54) is 6.42 Å². The smallest absolute Gasteiger partial charge is 0.229 e. The van der Waals surface area contributed by atoms with Crippen LogP contribution in [0.25, 0.3) is 0 Å². The number of halogens is 1. The van der Waals surface area contributed by atoms with Crippen molar-refractivity contribution in [3.8, 4) is 0 Å². The summed E-state index contributed by atoms with van der Waals surface area (Å²) in [5, 5.41) is 4.02. The third-order valence-corrected chi connectivity index (χ3v) is 4.55. The van der Waals surface area contributed by atoms with Gasteiger partial charge in [0.15, 0.2) is 0 Å². The first kappa shape index (κ1) is 14.4. The zero-order chi connectivity index (χ0) is 14.0. The molecule has 1 aliphatic heterocycles. The Balaban J connectivity index is 2.04. The predicted molar refractivity (Wildman–Crippen MR) is 74.2 cm³/mol. The highest BCUT2D eigenvalue weighted by Gasteiger charge is 2.32. The molecule has 4 nitrogen and oxygen atoms in total. The third-order valence-electron chi connectivity index (χ3n) is 4.25. The van der Waals surface area contributed by atoms with Gasteiger partial charge in [0, 0.05) is 18.7 Å². The molecular weight excluding hydrogens is 264 g/mol. The van der Waals surface area contributed by atoms with Crippen molar-refractivity contribution in [3.05, 3.63) is 16.5 Å². The normalized spacial score (nSPS) is 23.7. The summed E-state index contributed by atoms with van der Waals surface area (Å²) in [6.07, 6.45) is 3.66. The molecule has 1 aliphatic rings. The molecule has 19 heavy (non-hydrogen) atoms. The van der Waals surface area contributed by atoms with Crippen LogP contribution in [0.4, 0.5) is 0 Å². The monoisotopic (exact) mass is 284 g/mol. The molecule has 1 aromatic heterocycles. The average Bonchev–Trinajstić information content (AvgIpc) is 2.70. The predicted octanol–water partition coefficient (Wildman–Crippen LogP) is 3.22. The van der Waals surface area contributed by atoms with E-state index in [2.05, 4.69) is 19.0 Å². The van der Waals surface area contributed by atoms with E-state index in [1.54, 1.807) is 0 Å². The number of nitrogens with zero attached hydrogens (tertiary/aromatic N) is 2. The highest BCUT2D eigenvalue weighted by atomic mass is 35.5. The number of aryl methyl sites for hydroxylation is 1. The number of carbonyl (C=O) groups is 1. The standard InChI is InChI=1S/C14H21ClN2O2/c1-4-14(3)6-5-7-17(9-14)12(18)8-11-10(2)16-19-13(11)15/h4-9H2,1-3H3. The Morgan fingerprint density at radius 3 is 2.89 bits per heavy atom. The molecule has 1 fully saturated rings. The van der Waals surface area contributed by atoms with Crippen LogP contribution in [-0.2, 0) is 11.2 Å². The van der Waals surface area contributed by atoms with Crippen molar-refractivity contribution in [1.82, 2.24) is 10.1 Å². The van der Waals surface area contributed by atoms with Crippen LogP contribution in [0.15, 0.2) is 4.52 Å². The summed E-state index contributed by atoms with van der Waals surface area (Å²) in [4.78, 5) is 14.3. The summed E-state index contributed by atoms with van der Waals surface area (Å²) < 4.78 is 4.89. The molecule has 0 aromatic carbocycles. The Morgan fingerprint density at radius 2 is 2.32 bits per heavy atom. The van der Waals surface area contributed by atoms with Crippen LogP contribution < -0.4 is 0 Å². The van der Waals surface area contributed by atoms with Gasteiger partial charge in [-0.3, -0.25) is 4.79 Å². The van der Waals surface area contributed by atoms with Crippen molar-refractivity contribution >= 4 is 17.5 Å². The molecule has 2 heterocycles. The van der Waals surface area contributed by atoms with Gasteiger partial charge in [-0.05, 0) is 43.2 Å². The second-order valence-corrected chi connectivity index (χ2v) is 6.12. The molecule has 1 unspecified atom stereocenters. The van der Waals surface area contributed by atoms with Gasteiger partial charge in [0.05, 0.1) is 12.1 Å². The number of hydrogen-bond acceptors (Lipinski definition) is 3. The van der Waals surface area contributed by atoms with E-state index in [0.717, 1.165) is 31.5 Å². The molecule has 0 aliphatic carbocycles. The topological polar surface area (TPSA) is 46.3 Å². The second-order valence-electron chi connectivity index (χ2n) is 5.78. The van der Waals surface area contributed by atoms with Crippen LogP contribution in [0.3, 0.4) is 0 Å². The lowest BCUT2D eigenvalue weighted by molar-refractivity contribution is -0.133. The first-order valence-electron chi connectivity index (χ1n) is 6.83. The van der Waals surface area contributed by atoms with E-state index in [0.29, 0.717) is 5.69 Å². The minimum atomic E-state index is 0.118. The lowest BCUT2D eigenvalue weighted by atomic mass is 9.79. The van der Waals surface area contributed by atoms with Gasteiger partial charge < -0.3 is 9.42 Å². The summed E-state index contributed by atoms with van der Waals surface area (Å²) >= 11 is 5.91. The number of aromatic nitrogens is 1. The van der Waals surface area contributed by atoms with Crippen LogP contribution >= 0.6 is 11.6 Å². The fraction of sp³-hybridized carbons (Fsp3) is 0.714. The lowest BCUT2D eigenvalue weighted by Crippen LogP contribution is -2.45. The second kappa shape index (κ2) is 5.53. The molecule has 0 radical (unpaired) electrons. The first-order valence-corrected chi connectivity index (χ1v) is 7.21. The minimum absolute atomic E-state index is 0.118. The zero-order valence-corrected chi connectivity index (χ0v) is 12.6. The highest BCUT2D eigenvalue weighted by Crippen LogP contribution is 2.33. The highest BCUT2D eigenvalue weighted by molar-refractivity contribution is 6.29. The molecule has 0 saturated carbocycles. The zero-order valence-electron chi connectivity index (χ0n) is 11.8. The van der Waals surface area contributed by atoms with E-state index >= 15 is 0 Å². The minimum Gasteiger partial charge on any atom is -0.344 e. The maximum atomic E-state index is 12.4. The van der Waals surface area contributed by atoms with E-state index in [1.807, 2.05) is 11.8 Å². The summed E-state index contributed by atoms with van der Waals surface area (Å²) in [6, 6.07) is 0. The van der Waals surface area contributed by atoms with Crippen molar-refractivity contribution in [2.45, 2.75) is 46.5 Å². The summed E-state index contributed by atoms with van der Waals surface area (Å²) in [7, 11) is 0. The van der Waals surface area contributed by atoms with E-state index < -0.39 is 0 Å². The van der Waals surface area contributed by atoms with Gasteiger partial charge >= 0.3 is 0 Å². The Kier molecular flexibility index (Phi) is 4.19.